The van der Waals surface area contributed by atoms with Gasteiger partial charge in [-0.1, -0.05) is 47.5 Å². The monoisotopic (exact) mass is 463 g/mol. The maximum Gasteiger partial charge on any atom is 0.300 e. The largest absolute Gasteiger partial charge is 0.507 e. The molecule has 1 unspecified atom stereocenters. The second-order valence-electron chi connectivity index (χ2n) is 7.60. The second-order valence-corrected chi connectivity index (χ2v) is 8.00. The number of halogens is 1. The van der Waals surface area contributed by atoms with Crippen LogP contribution in [0, 0.1) is 6.92 Å². The summed E-state index contributed by atoms with van der Waals surface area (Å²) >= 11 is 6.12. The van der Waals surface area contributed by atoms with Crippen LogP contribution in [0.5, 0.6) is 11.5 Å². The van der Waals surface area contributed by atoms with Gasteiger partial charge in [-0.25, -0.2) is 0 Å². The third kappa shape index (κ3) is 3.94. The summed E-state index contributed by atoms with van der Waals surface area (Å²) in [6.45, 7) is 1.93. The van der Waals surface area contributed by atoms with Gasteiger partial charge in [0.15, 0.2) is 0 Å². The summed E-state index contributed by atoms with van der Waals surface area (Å²) in [6, 6.07) is 18.1. The van der Waals surface area contributed by atoms with Crippen molar-refractivity contribution in [3.8, 4) is 11.5 Å². The topological polar surface area (TPSA) is 76.1 Å². The Kier molecular flexibility index (Phi) is 6.11. The van der Waals surface area contributed by atoms with Gasteiger partial charge in [0.1, 0.15) is 17.3 Å². The Morgan fingerprint density at radius 3 is 2.27 bits per heavy atom. The fraction of sp³-hybridized carbons (Fsp3) is 0.154. The Morgan fingerprint density at radius 2 is 1.61 bits per heavy atom. The van der Waals surface area contributed by atoms with Gasteiger partial charge >= 0.3 is 0 Å². The Hall–Kier alpha value is -3.77. The van der Waals surface area contributed by atoms with Gasteiger partial charge in [-0.05, 0) is 43.3 Å². The molecule has 3 aromatic carbocycles. The Morgan fingerprint density at radius 1 is 0.939 bits per heavy atom. The highest BCUT2D eigenvalue weighted by molar-refractivity contribution is 6.51. The summed E-state index contributed by atoms with van der Waals surface area (Å²) in [4.78, 5) is 27.9. The number of benzene rings is 3. The predicted octanol–water partition coefficient (Wildman–Crippen LogP) is 5.29. The van der Waals surface area contributed by atoms with E-state index in [9.17, 15) is 14.7 Å². The number of ether oxygens (including phenoxy) is 2. The van der Waals surface area contributed by atoms with E-state index in [4.69, 9.17) is 21.1 Å². The van der Waals surface area contributed by atoms with Gasteiger partial charge in [0.05, 0.1) is 30.9 Å². The van der Waals surface area contributed by atoms with Crippen LogP contribution >= 0.6 is 11.6 Å². The Bertz CT molecular complexity index is 1270. The van der Waals surface area contributed by atoms with Crippen molar-refractivity contribution in [1.29, 1.82) is 0 Å². The van der Waals surface area contributed by atoms with Gasteiger partial charge in [-0.15, -0.1) is 0 Å². The quantitative estimate of drug-likeness (QED) is 0.316. The molecule has 7 heteroatoms. The molecule has 33 heavy (non-hydrogen) atoms. The smallest absolute Gasteiger partial charge is 0.300 e. The van der Waals surface area contributed by atoms with Gasteiger partial charge in [0.2, 0.25) is 0 Å². The zero-order valence-corrected chi connectivity index (χ0v) is 19.1. The molecule has 6 nitrogen and oxygen atoms in total. The number of aliphatic hydroxyl groups excluding tert-OH is 1. The number of amides is 1. The lowest BCUT2D eigenvalue weighted by Crippen LogP contribution is -2.29. The SMILES string of the molecule is COc1cc(/C(O)=C2\C(=O)C(=O)N(c3ccc(C)cc3)C2c2ccccc2OC)ccc1Cl. The van der Waals surface area contributed by atoms with E-state index >= 15 is 0 Å². The van der Waals surface area contributed by atoms with Crippen LogP contribution in [0.15, 0.2) is 72.3 Å². The molecular weight excluding hydrogens is 442 g/mol. The number of nitrogens with zero attached hydrogens (tertiary/aromatic N) is 1. The van der Waals surface area contributed by atoms with Gasteiger partial charge in [0.25, 0.3) is 11.7 Å². The molecule has 168 valence electrons. The van der Waals surface area contributed by atoms with Crippen LogP contribution < -0.4 is 14.4 Å². The zero-order chi connectivity index (χ0) is 23.7. The minimum atomic E-state index is -0.898. The number of methoxy groups -OCH3 is 2. The van der Waals surface area contributed by atoms with Gasteiger partial charge in [-0.3, -0.25) is 14.5 Å². The Balaban J connectivity index is 1.98. The molecule has 0 spiro atoms. The van der Waals surface area contributed by atoms with Crippen LogP contribution in [0.3, 0.4) is 0 Å². The molecule has 1 saturated heterocycles. The number of aliphatic hydroxyl groups is 1. The Labute approximate surface area is 196 Å². The highest BCUT2D eigenvalue weighted by Gasteiger charge is 2.47. The molecule has 1 fully saturated rings. The van der Waals surface area contributed by atoms with E-state index in [0.29, 0.717) is 33.3 Å². The van der Waals surface area contributed by atoms with Crippen LogP contribution in [0.25, 0.3) is 5.76 Å². The number of carbonyl (C=O) groups is 2. The highest BCUT2D eigenvalue weighted by Crippen LogP contribution is 2.45. The highest BCUT2D eigenvalue weighted by atomic mass is 35.5. The summed E-state index contributed by atoms with van der Waals surface area (Å²) in [5.74, 6) is -1.03. The average Bonchev–Trinajstić information content (AvgIpc) is 3.09. The number of hydrogen-bond acceptors (Lipinski definition) is 5. The van der Waals surface area contributed by atoms with E-state index in [1.165, 1.54) is 25.2 Å². The molecule has 0 radical (unpaired) electrons. The number of ketones is 1. The molecule has 0 saturated carbocycles. The molecule has 1 N–H and O–H groups in total. The molecule has 4 rings (SSSR count). The lowest BCUT2D eigenvalue weighted by molar-refractivity contribution is -0.132. The average molecular weight is 464 g/mol. The van der Waals surface area contributed by atoms with Crippen LogP contribution in [0.1, 0.15) is 22.7 Å². The molecular formula is C26H22ClNO5. The zero-order valence-electron chi connectivity index (χ0n) is 18.3. The molecule has 1 aliphatic heterocycles. The summed E-state index contributed by atoms with van der Waals surface area (Å²) in [6.07, 6.45) is 0. The predicted molar refractivity (Wildman–Crippen MR) is 127 cm³/mol. The van der Waals surface area contributed by atoms with Crippen molar-refractivity contribution in [2.45, 2.75) is 13.0 Å². The summed E-state index contributed by atoms with van der Waals surface area (Å²) in [5.41, 5.74) is 2.37. The molecule has 3 aromatic rings. The first kappa shape index (κ1) is 22.4. The molecule has 0 bridgehead atoms. The van der Waals surface area contributed by atoms with Crippen molar-refractivity contribution in [3.63, 3.8) is 0 Å². The van der Waals surface area contributed by atoms with Crippen LogP contribution in [0.4, 0.5) is 5.69 Å². The van der Waals surface area contributed by atoms with Crippen molar-refractivity contribution in [2.75, 3.05) is 19.1 Å². The molecule has 1 atom stereocenters. The fourth-order valence-corrected chi connectivity index (χ4v) is 4.15. The van der Waals surface area contributed by atoms with Gasteiger partial charge < -0.3 is 14.6 Å². The van der Waals surface area contributed by atoms with Crippen molar-refractivity contribution >= 4 is 34.7 Å². The number of carbonyl (C=O) groups excluding carboxylic acids is 2. The van der Waals surface area contributed by atoms with Crippen LogP contribution in [-0.4, -0.2) is 31.0 Å². The minimum absolute atomic E-state index is 0.0468. The van der Waals surface area contributed by atoms with Crippen molar-refractivity contribution < 1.29 is 24.2 Å². The number of rotatable bonds is 5. The van der Waals surface area contributed by atoms with E-state index in [1.807, 2.05) is 19.1 Å². The maximum absolute atomic E-state index is 13.3. The van der Waals surface area contributed by atoms with Crippen molar-refractivity contribution in [2.24, 2.45) is 0 Å². The number of anilines is 1. The molecule has 1 heterocycles. The minimum Gasteiger partial charge on any atom is -0.507 e. The van der Waals surface area contributed by atoms with Gasteiger partial charge in [-0.2, -0.15) is 0 Å². The maximum atomic E-state index is 13.3. The number of aryl methyl sites for hydroxylation is 1. The third-order valence-corrected chi connectivity index (χ3v) is 5.93. The molecule has 1 aliphatic rings. The van der Waals surface area contributed by atoms with E-state index in [1.54, 1.807) is 48.5 Å². The van der Waals surface area contributed by atoms with E-state index in [-0.39, 0.29) is 11.3 Å². The standard InChI is InChI=1S/C26H22ClNO5/c1-15-8-11-17(12-9-15)28-23(18-6-4-5-7-20(18)32-2)22(25(30)26(28)31)24(29)16-10-13-19(27)21(14-16)33-3/h4-14,23,29H,1-3H3/b24-22+. The molecule has 0 aromatic heterocycles. The first-order valence-corrected chi connectivity index (χ1v) is 10.6. The number of hydrogen-bond donors (Lipinski definition) is 1. The van der Waals surface area contributed by atoms with Gasteiger partial charge in [0, 0.05) is 16.8 Å². The van der Waals surface area contributed by atoms with Crippen LogP contribution in [0.2, 0.25) is 5.02 Å². The fourth-order valence-electron chi connectivity index (χ4n) is 3.95. The van der Waals surface area contributed by atoms with E-state index in [2.05, 4.69) is 0 Å². The lowest BCUT2D eigenvalue weighted by Gasteiger charge is -2.26. The summed E-state index contributed by atoms with van der Waals surface area (Å²) in [7, 11) is 2.97. The van der Waals surface area contributed by atoms with E-state index < -0.39 is 17.7 Å². The van der Waals surface area contributed by atoms with Crippen LogP contribution in [-0.2, 0) is 9.59 Å². The number of para-hydroxylation sites is 1. The second kappa shape index (κ2) is 9.00. The lowest BCUT2D eigenvalue weighted by atomic mass is 9.94. The first-order chi connectivity index (χ1) is 15.9. The van der Waals surface area contributed by atoms with Crippen molar-refractivity contribution in [3.05, 3.63) is 94.0 Å². The normalized spacial score (nSPS) is 17.3. The van der Waals surface area contributed by atoms with E-state index in [0.717, 1.165) is 5.56 Å². The third-order valence-electron chi connectivity index (χ3n) is 5.61. The summed E-state index contributed by atoms with van der Waals surface area (Å²) < 4.78 is 10.8. The molecule has 1 amide bonds. The first-order valence-electron chi connectivity index (χ1n) is 10.2. The van der Waals surface area contributed by atoms with Crippen molar-refractivity contribution in [1.82, 2.24) is 0 Å². The number of Topliss-reactive ketones (excluding diaryl/α,β-unsaturated/α-hetero) is 1. The molecule has 0 aliphatic carbocycles. The summed E-state index contributed by atoms with van der Waals surface area (Å²) in [5, 5.41) is 11.6.